The topological polar surface area (TPSA) is 76.2 Å². The van der Waals surface area contributed by atoms with Gasteiger partial charge >= 0.3 is 6.18 Å². The van der Waals surface area contributed by atoms with E-state index in [2.05, 4.69) is 15.5 Å². The van der Waals surface area contributed by atoms with E-state index >= 15 is 0 Å². The van der Waals surface area contributed by atoms with E-state index in [1.807, 2.05) is 0 Å². The summed E-state index contributed by atoms with van der Waals surface area (Å²) in [5.41, 5.74) is 0.847. The van der Waals surface area contributed by atoms with Crippen molar-refractivity contribution in [3.63, 3.8) is 0 Å². The van der Waals surface area contributed by atoms with Crippen molar-refractivity contribution in [3.05, 3.63) is 65.4 Å². The number of anilines is 1. The van der Waals surface area contributed by atoms with Crippen LogP contribution in [-0.4, -0.2) is 23.2 Å². The molecule has 0 bridgehead atoms. The van der Waals surface area contributed by atoms with Gasteiger partial charge in [0.05, 0.1) is 12.7 Å². The van der Waals surface area contributed by atoms with Gasteiger partial charge in [0.2, 0.25) is 5.91 Å². The van der Waals surface area contributed by atoms with Gasteiger partial charge in [0.1, 0.15) is 5.75 Å². The molecule has 1 aliphatic rings. The summed E-state index contributed by atoms with van der Waals surface area (Å²) in [6.45, 7) is 0. The van der Waals surface area contributed by atoms with Gasteiger partial charge < -0.3 is 14.8 Å². The van der Waals surface area contributed by atoms with E-state index in [-0.39, 0.29) is 29.7 Å². The molecule has 9 heteroatoms. The quantitative estimate of drug-likeness (QED) is 0.662. The van der Waals surface area contributed by atoms with Crippen LogP contribution in [0.15, 0.2) is 48.7 Å². The average molecular weight is 403 g/mol. The highest BCUT2D eigenvalue weighted by atomic mass is 19.4. The summed E-state index contributed by atoms with van der Waals surface area (Å²) in [5.74, 6) is 0.751. The summed E-state index contributed by atoms with van der Waals surface area (Å²) in [7, 11) is 1.44. The van der Waals surface area contributed by atoms with E-state index in [0.717, 1.165) is 23.3 Å². The summed E-state index contributed by atoms with van der Waals surface area (Å²) in [6, 6.07) is 9.70. The zero-order valence-electron chi connectivity index (χ0n) is 15.2. The molecule has 0 saturated heterocycles. The number of halogens is 3. The SMILES string of the molecule is COc1cc(C2CC(=O)Nc3n[nH]cc32)ccc1Oc1cccc(C(F)(F)F)c1. The standard InChI is InChI=1S/C20H16F3N3O3/c1-28-17-7-11(14-9-18(27)25-19-15(14)10-24-26-19)5-6-16(17)29-13-4-2-3-12(8-13)20(21,22)23/h2-8,10,14H,9H2,1H3,(H2,24,25,26,27). The number of alkyl halides is 3. The van der Waals surface area contributed by atoms with Gasteiger partial charge in [-0.05, 0) is 35.9 Å². The molecule has 1 amide bonds. The van der Waals surface area contributed by atoms with Crippen molar-refractivity contribution in [1.29, 1.82) is 0 Å². The number of fused-ring (bicyclic) bond motifs is 1. The van der Waals surface area contributed by atoms with Gasteiger partial charge in [-0.2, -0.15) is 18.3 Å². The number of aromatic nitrogens is 2. The molecule has 150 valence electrons. The van der Waals surface area contributed by atoms with Crippen LogP contribution in [0, 0.1) is 0 Å². The van der Waals surface area contributed by atoms with Crippen LogP contribution in [0.1, 0.15) is 29.0 Å². The van der Waals surface area contributed by atoms with Crippen LogP contribution in [-0.2, 0) is 11.0 Å². The first-order valence-electron chi connectivity index (χ1n) is 8.71. The van der Waals surface area contributed by atoms with Crippen LogP contribution in [0.2, 0.25) is 0 Å². The van der Waals surface area contributed by atoms with E-state index in [1.54, 1.807) is 24.4 Å². The van der Waals surface area contributed by atoms with Crippen molar-refractivity contribution in [1.82, 2.24) is 10.2 Å². The van der Waals surface area contributed by atoms with Crippen molar-refractivity contribution < 1.29 is 27.4 Å². The van der Waals surface area contributed by atoms with E-state index in [0.29, 0.717) is 11.6 Å². The Kier molecular flexibility index (Phi) is 4.65. The number of ether oxygens (including phenoxy) is 2. The minimum absolute atomic E-state index is 0.0417. The van der Waals surface area contributed by atoms with Crippen LogP contribution < -0.4 is 14.8 Å². The second-order valence-electron chi connectivity index (χ2n) is 6.53. The highest BCUT2D eigenvalue weighted by Crippen LogP contribution is 2.41. The van der Waals surface area contributed by atoms with Gasteiger partial charge in [-0.25, -0.2) is 0 Å². The minimum Gasteiger partial charge on any atom is -0.493 e. The number of H-pyrrole nitrogens is 1. The Bertz CT molecular complexity index is 1060. The Morgan fingerprint density at radius 2 is 1.97 bits per heavy atom. The van der Waals surface area contributed by atoms with Crippen molar-refractivity contribution in [2.24, 2.45) is 0 Å². The summed E-state index contributed by atoms with van der Waals surface area (Å²) in [6.07, 6.45) is -2.50. The number of carbonyl (C=O) groups excluding carboxylic acids is 1. The first kappa shape index (κ1) is 18.9. The van der Waals surface area contributed by atoms with E-state index in [9.17, 15) is 18.0 Å². The molecular weight excluding hydrogens is 387 g/mol. The molecule has 3 aromatic rings. The molecule has 2 heterocycles. The lowest BCUT2D eigenvalue weighted by molar-refractivity contribution is -0.137. The lowest BCUT2D eigenvalue weighted by Gasteiger charge is -2.23. The second-order valence-corrected chi connectivity index (χ2v) is 6.53. The van der Waals surface area contributed by atoms with Crippen LogP contribution in [0.3, 0.4) is 0 Å². The molecule has 1 aliphatic heterocycles. The average Bonchev–Trinajstić information content (AvgIpc) is 3.15. The van der Waals surface area contributed by atoms with E-state index < -0.39 is 11.7 Å². The maximum absolute atomic E-state index is 12.9. The summed E-state index contributed by atoms with van der Waals surface area (Å²) in [5, 5.41) is 9.46. The molecule has 1 atom stereocenters. The molecule has 0 fully saturated rings. The molecule has 0 aliphatic carbocycles. The van der Waals surface area contributed by atoms with Crippen LogP contribution >= 0.6 is 0 Å². The van der Waals surface area contributed by atoms with Crippen LogP contribution in [0.5, 0.6) is 17.2 Å². The zero-order chi connectivity index (χ0) is 20.6. The fourth-order valence-electron chi connectivity index (χ4n) is 3.29. The zero-order valence-corrected chi connectivity index (χ0v) is 15.2. The highest BCUT2D eigenvalue weighted by molar-refractivity contribution is 5.94. The number of carbonyl (C=O) groups is 1. The number of rotatable bonds is 4. The number of amides is 1. The summed E-state index contributed by atoms with van der Waals surface area (Å²) in [4.78, 5) is 12.0. The minimum atomic E-state index is -4.46. The number of aromatic amines is 1. The number of hydrogen-bond acceptors (Lipinski definition) is 4. The number of benzene rings is 2. The number of nitrogens with zero attached hydrogens (tertiary/aromatic N) is 1. The summed E-state index contributed by atoms with van der Waals surface area (Å²) < 4.78 is 49.8. The maximum atomic E-state index is 12.9. The molecule has 6 nitrogen and oxygen atoms in total. The molecule has 0 spiro atoms. The Morgan fingerprint density at radius 3 is 2.72 bits per heavy atom. The number of hydrogen-bond donors (Lipinski definition) is 2. The molecule has 0 radical (unpaired) electrons. The van der Waals surface area contributed by atoms with Gasteiger partial charge in [0.15, 0.2) is 17.3 Å². The molecule has 4 rings (SSSR count). The Labute approximate surface area is 163 Å². The van der Waals surface area contributed by atoms with Gasteiger partial charge in [-0.1, -0.05) is 12.1 Å². The lowest BCUT2D eigenvalue weighted by atomic mass is 9.87. The van der Waals surface area contributed by atoms with Crippen molar-refractivity contribution in [2.45, 2.75) is 18.5 Å². The molecule has 1 unspecified atom stereocenters. The third-order valence-corrected chi connectivity index (χ3v) is 4.67. The Morgan fingerprint density at radius 1 is 1.14 bits per heavy atom. The van der Waals surface area contributed by atoms with E-state index in [4.69, 9.17) is 9.47 Å². The van der Waals surface area contributed by atoms with Crippen LogP contribution in [0.25, 0.3) is 0 Å². The van der Waals surface area contributed by atoms with Gasteiger partial charge in [0.25, 0.3) is 0 Å². The lowest BCUT2D eigenvalue weighted by Crippen LogP contribution is -2.22. The smallest absolute Gasteiger partial charge is 0.416 e. The molecule has 2 aromatic carbocycles. The second kappa shape index (κ2) is 7.16. The predicted molar refractivity (Wildman–Crippen MR) is 98.2 cm³/mol. The predicted octanol–water partition coefficient (Wildman–Crippen LogP) is 4.70. The maximum Gasteiger partial charge on any atom is 0.416 e. The van der Waals surface area contributed by atoms with Gasteiger partial charge in [-0.15, -0.1) is 0 Å². The fraction of sp³-hybridized carbons (Fsp3) is 0.200. The molecule has 2 N–H and O–H groups in total. The fourth-order valence-corrected chi connectivity index (χ4v) is 3.29. The molecule has 0 saturated carbocycles. The normalized spacial score (nSPS) is 16.1. The molecule has 29 heavy (non-hydrogen) atoms. The van der Waals surface area contributed by atoms with Crippen molar-refractivity contribution in [2.75, 3.05) is 12.4 Å². The van der Waals surface area contributed by atoms with Gasteiger partial charge in [0, 0.05) is 24.1 Å². The highest BCUT2D eigenvalue weighted by Gasteiger charge is 2.31. The van der Waals surface area contributed by atoms with E-state index in [1.165, 1.54) is 19.2 Å². The number of nitrogens with one attached hydrogen (secondary N) is 2. The third-order valence-electron chi connectivity index (χ3n) is 4.67. The van der Waals surface area contributed by atoms with Crippen LogP contribution in [0.4, 0.5) is 19.0 Å². The van der Waals surface area contributed by atoms with Crippen molar-refractivity contribution >= 4 is 11.7 Å². The first-order chi connectivity index (χ1) is 13.8. The number of methoxy groups -OCH3 is 1. The summed E-state index contributed by atoms with van der Waals surface area (Å²) >= 11 is 0. The van der Waals surface area contributed by atoms with Gasteiger partial charge in [-0.3, -0.25) is 9.89 Å². The van der Waals surface area contributed by atoms with Crippen molar-refractivity contribution in [3.8, 4) is 17.2 Å². The molecular formula is C20H16F3N3O3. The Hall–Kier alpha value is -3.49. The third kappa shape index (κ3) is 3.75. The largest absolute Gasteiger partial charge is 0.493 e. The molecule has 1 aromatic heterocycles. The monoisotopic (exact) mass is 403 g/mol. The first-order valence-corrected chi connectivity index (χ1v) is 8.71. The Balaban J connectivity index is 1.64.